The molecule has 1 heterocycles. The molecule has 23 heavy (non-hydrogen) atoms. The van der Waals surface area contributed by atoms with Crippen LogP contribution in [0.25, 0.3) is 0 Å². The standard InChI is InChI=1S/C20H15BrFN/c21-15-7-3-14(4-8-15)20-17-2-1-11-23-19(17)10-6-13-5-9-16(22)12-18(13)20/h1-5,7-9,11-12,20H,6,10H2. The third-order valence-corrected chi connectivity index (χ3v) is 5.02. The SMILES string of the molecule is Fc1ccc2c(c1)C(c1ccc(Br)cc1)c1cccnc1CC2. The van der Waals surface area contributed by atoms with E-state index in [1.165, 1.54) is 11.1 Å². The van der Waals surface area contributed by atoms with Gasteiger partial charge >= 0.3 is 0 Å². The van der Waals surface area contributed by atoms with E-state index < -0.39 is 0 Å². The molecule has 1 unspecified atom stereocenters. The summed E-state index contributed by atoms with van der Waals surface area (Å²) in [6.07, 6.45) is 3.63. The molecule has 0 radical (unpaired) electrons. The second-order valence-electron chi connectivity index (χ2n) is 5.87. The van der Waals surface area contributed by atoms with Crippen LogP contribution in [-0.2, 0) is 12.8 Å². The Morgan fingerprint density at radius 3 is 2.61 bits per heavy atom. The fourth-order valence-corrected chi connectivity index (χ4v) is 3.68. The van der Waals surface area contributed by atoms with Gasteiger partial charge in [-0.05, 0) is 65.4 Å². The summed E-state index contributed by atoms with van der Waals surface area (Å²) < 4.78 is 15.0. The van der Waals surface area contributed by atoms with Crippen LogP contribution in [0.3, 0.4) is 0 Å². The number of aromatic nitrogens is 1. The predicted molar refractivity (Wildman–Crippen MR) is 93.1 cm³/mol. The molecule has 0 saturated carbocycles. The predicted octanol–water partition coefficient (Wildman–Crippen LogP) is 5.26. The van der Waals surface area contributed by atoms with E-state index in [-0.39, 0.29) is 11.7 Å². The van der Waals surface area contributed by atoms with Crippen LogP contribution in [0.15, 0.2) is 65.3 Å². The zero-order chi connectivity index (χ0) is 15.8. The largest absolute Gasteiger partial charge is 0.261 e. The van der Waals surface area contributed by atoms with Crippen LogP contribution in [0.5, 0.6) is 0 Å². The van der Waals surface area contributed by atoms with Crippen LogP contribution in [-0.4, -0.2) is 4.98 Å². The minimum absolute atomic E-state index is 0.0278. The second-order valence-corrected chi connectivity index (χ2v) is 6.78. The summed E-state index contributed by atoms with van der Waals surface area (Å²) >= 11 is 3.49. The minimum atomic E-state index is -0.182. The van der Waals surface area contributed by atoms with E-state index >= 15 is 0 Å². The topological polar surface area (TPSA) is 12.9 Å². The highest BCUT2D eigenvalue weighted by molar-refractivity contribution is 9.10. The first-order valence-corrected chi connectivity index (χ1v) is 8.49. The van der Waals surface area contributed by atoms with E-state index in [1.807, 2.05) is 30.5 Å². The Morgan fingerprint density at radius 2 is 1.78 bits per heavy atom. The van der Waals surface area contributed by atoms with Gasteiger partial charge in [-0.1, -0.05) is 40.2 Å². The first-order chi connectivity index (χ1) is 11.2. The Morgan fingerprint density at radius 1 is 0.957 bits per heavy atom. The molecule has 0 amide bonds. The molecule has 0 spiro atoms. The highest BCUT2D eigenvalue weighted by atomic mass is 79.9. The van der Waals surface area contributed by atoms with E-state index in [4.69, 9.17) is 0 Å². The molecule has 3 heteroatoms. The molecule has 0 aliphatic heterocycles. The van der Waals surface area contributed by atoms with Crippen molar-refractivity contribution in [2.75, 3.05) is 0 Å². The molecule has 1 atom stereocenters. The van der Waals surface area contributed by atoms with Gasteiger partial charge in [0.2, 0.25) is 0 Å². The van der Waals surface area contributed by atoms with Gasteiger partial charge in [-0.25, -0.2) is 4.39 Å². The smallest absolute Gasteiger partial charge is 0.123 e. The molecule has 3 aromatic rings. The maximum atomic E-state index is 13.9. The van der Waals surface area contributed by atoms with Crippen LogP contribution in [0.4, 0.5) is 4.39 Å². The van der Waals surface area contributed by atoms with Crippen LogP contribution in [0, 0.1) is 5.82 Å². The number of pyridine rings is 1. The van der Waals surface area contributed by atoms with E-state index in [9.17, 15) is 4.39 Å². The number of fused-ring (bicyclic) bond motifs is 2. The van der Waals surface area contributed by atoms with Crippen molar-refractivity contribution in [3.8, 4) is 0 Å². The van der Waals surface area contributed by atoms with Gasteiger partial charge in [0.05, 0.1) is 0 Å². The van der Waals surface area contributed by atoms with Crippen LogP contribution in [0.1, 0.15) is 33.9 Å². The van der Waals surface area contributed by atoms with Gasteiger partial charge in [0, 0.05) is 22.3 Å². The first-order valence-electron chi connectivity index (χ1n) is 7.70. The molecule has 1 aromatic heterocycles. The van der Waals surface area contributed by atoms with Crippen molar-refractivity contribution in [2.24, 2.45) is 0 Å². The zero-order valence-electron chi connectivity index (χ0n) is 12.5. The molecular formula is C20H15BrFN. The Kier molecular flexibility index (Phi) is 3.74. The molecule has 0 saturated heterocycles. The van der Waals surface area contributed by atoms with Gasteiger partial charge in [0.15, 0.2) is 0 Å². The molecular weight excluding hydrogens is 353 g/mol. The average Bonchev–Trinajstić information content (AvgIpc) is 2.72. The van der Waals surface area contributed by atoms with Crippen molar-refractivity contribution in [3.63, 3.8) is 0 Å². The third kappa shape index (κ3) is 2.70. The van der Waals surface area contributed by atoms with Crippen molar-refractivity contribution >= 4 is 15.9 Å². The quantitative estimate of drug-likeness (QED) is 0.571. The molecule has 2 aromatic carbocycles. The third-order valence-electron chi connectivity index (χ3n) is 4.49. The monoisotopic (exact) mass is 367 g/mol. The van der Waals surface area contributed by atoms with Gasteiger partial charge < -0.3 is 0 Å². The number of hydrogen-bond donors (Lipinski definition) is 0. The van der Waals surface area contributed by atoms with E-state index in [0.717, 1.165) is 34.1 Å². The number of benzene rings is 2. The summed E-state index contributed by atoms with van der Waals surface area (Å²) in [5.74, 6) is -0.154. The summed E-state index contributed by atoms with van der Waals surface area (Å²) in [7, 11) is 0. The van der Waals surface area contributed by atoms with Crippen molar-refractivity contribution in [1.29, 1.82) is 0 Å². The summed E-state index contributed by atoms with van der Waals surface area (Å²) in [6, 6.07) is 17.5. The van der Waals surface area contributed by atoms with Gasteiger partial charge in [0.1, 0.15) is 5.82 Å². The summed E-state index contributed by atoms with van der Waals surface area (Å²) in [6.45, 7) is 0. The maximum Gasteiger partial charge on any atom is 0.123 e. The number of hydrogen-bond acceptors (Lipinski definition) is 1. The van der Waals surface area contributed by atoms with Crippen LogP contribution < -0.4 is 0 Å². The Balaban J connectivity index is 1.98. The van der Waals surface area contributed by atoms with E-state index in [1.54, 1.807) is 12.1 Å². The fourth-order valence-electron chi connectivity index (χ4n) is 3.42. The van der Waals surface area contributed by atoms with Crippen molar-refractivity contribution in [2.45, 2.75) is 18.8 Å². The number of halogens is 2. The molecule has 114 valence electrons. The van der Waals surface area contributed by atoms with Crippen molar-refractivity contribution in [1.82, 2.24) is 4.98 Å². The Hall–Kier alpha value is -2.00. The lowest BCUT2D eigenvalue weighted by Crippen LogP contribution is -2.07. The minimum Gasteiger partial charge on any atom is -0.261 e. The van der Waals surface area contributed by atoms with Gasteiger partial charge in [-0.2, -0.15) is 0 Å². The molecule has 1 nitrogen and oxygen atoms in total. The number of aryl methyl sites for hydroxylation is 2. The summed E-state index contributed by atoms with van der Waals surface area (Å²) in [5, 5.41) is 0. The van der Waals surface area contributed by atoms with Crippen molar-refractivity contribution in [3.05, 3.63) is 99.0 Å². The zero-order valence-corrected chi connectivity index (χ0v) is 14.1. The highest BCUT2D eigenvalue weighted by Crippen LogP contribution is 2.38. The molecule has 4 rings (SSSR count). The lowest BCUT2D eigenvalue weighted by molar-refractivity contribution is 0.624. The lowest BCUT2D eigenvalue weighted by Gasteiger charge is -2.20. The summed E-state index contributed by atoms with van der Waals surface area (Å²) in [5.41, 5.74) is 5.71. The van der Waals surface area contributed by atoms with Gasteiger partial charge in [-0.3, -0.25) is 4.98 Å². The molecule has 0 N–H and O–H groups in total. The normalized spacial score (nSPS) is 16.3. The van der Waals surface area contributed by atoms with Gasteiger partial charge in [0.25, 0.3) is 0 Å². The summed E-state index contributed by atoms with van der Waals surface area (Å²) in [4.78, 5) is 4.58. The number of nitrogens with zero attached hydrogens (tertiary/aromatic N) is 1. The maximum absolute atomic E-state index is 13.9. The van der Waals surface area contributed by atoms with Crippen LogP contribution in [0.2, 0.25) is 0 Å². The Labute approximate surface area is 143 Å². The Bertz CT molecular complexity index is 858. The van der Waals surface area contributed by atoms with E-state index in [0.29, 0.717) is 0 Å². The number of rotatable bonds is 1. The van der Waals surface area contributed by atoms with E-state index in [2.05, 4.69) is 39.1 Å². The molecule has 1 aliphatic carbocycles. The van der Waals surface area contributed by atoms with Crippen molar-refractivity contribution < 1.29 is 4.39 Å². The average molecular weight is 368 g/mol. The molecule has 1 aliphatic rings. The molecule has 0 bridgehead atoms. The first kappa shape index (κ1) is 14.6. The molecule has 0 fully saturated rings. The second kappa shape index (κ2) is 5.89. The van der Waals surface area contributed by atoms with Crippen LogP contribution >= 0.6 is 15.9 Å². The lowest BCUT2D eigenvalue weighted by atomic mass is 9.84. The highest BCUT2D eigenvalue weighted by Gasteiger charge is 2.26. The fraction of sp³-hybridized carbons (Fsp3) is 0.150. The van der Waals surface area contributed by atoms with Gasteiger partial charge in [-0.15, -0.1) is 0 Å².